The first-order chi connectivity index (χ1) is 7.66. The number of hydrogen-bond donors (Lipinski definition) is 1. The highest BCUT2D eigenvalue weighted by Gasteiger charge is 2.12. The highest BCUT2D eigenvalue weighted by molar-refractivity contribution is 8.01. The standard InChI is InChI=1S/C11H7ClO2S2/c12-7-1-3-8(4-2-7)16-11-9(10(13)14)5-6-15-11/h1-6H,(H,13,14). The Labute approximate surface area is 106 Å². The Balaban J connectivity index is 2.23. The number of halogens is 1. The SMILES string of the molecule is O=C(O)c1ccsc1Sc1ccc(Cl)cc1. The zero-order valence-corrected chi connectivity index (χ0v) is 10.4. The lowest BCUT2D eigenvalue weighted by molar-refractivity contribution is 0.0694. The van der Waals surface area contributed by atoms with Gasteiger partial charge < -0.3 is 5.11 Å². The van der Waals surface area contributed by atoms with Gasteiger partial charge in [-0.1, -0.05) is 23.4 Å². The van der Waals surface area contributed by atoms with Gasteiger partial charge in [-0.25, -0.2) is 4.79 Å². The molecule has 1 N–H and O–H groups in total. The van der Waals surface area contributed by atoms with E-state index in [2.05, 4.69) is 0 Å². The van der Waals surface area contributed by atoms with Crippen molar-refractivity contribution in [2.75, 3.05) is 0 Å². The fourth-order valence-electron chi connectivity index (χ4n) is 1.14. The molecule has 16 heavy (non-hydrogen) atoms. The highest BCUT2D eigenvalue weighted by Crippen LogP contribution is 2.35. The van der Waals surface area contributed by atoms with E-state index in [1.807, 2.05) is 12.1 Å². The average molecular weight is 271 g/mol. The van der Waals surface area contributed by atoms with E-state index in [0.29, 0.717) is 10.6 Å². The number of benzene rings is 1. The Bertz CT molecular complexity index is 505. The summed E-state index contributed by atoms with van der Waals surface area (Å²) in [6.45, 7) is 0. The molecule has 1 heterocycles. The van der Waals surface area contributed by atoms with Gasteiger partial charge in [0.25, 0.3) is 0 Å². The Morgan fingerprint density at radius 1 is 1.25 bits per heavy atom. The largest absolute Gasteiger partial charge is 0.478 e. The van der Waals surface area contributed by atoms with Crippen LogP contribution in [0, 0.1) is 0 Å². The minimum Gasteiger partial charge on any atom is -0.478 e. The summed E-state index contributed by atoms with van der Waals surface area (Å²) in [5.41, 5.74) is 0.352. The van der Waals surface area contributed by atoms with E-state index in [9.17, 15) is 4.79 Å². The monoisotopic (exact) mass is 270 g/mol. The summed E-state index contributed by atoms with van der Waals surface area (Å²) in [5, 5.41) is 11.4. The van der Waals surface area contributed by atoms with Crippen molar-refractivity contribution in [3.63, 3.8) is 0 Å². The van der Waals surface area contributed by atoms with Gasteiger partial charge in [0.2, 0.25) is 0 Å². The molecule has 0 aliphatic heterocycles. The van der Waals surface area contributed by atoms with Crippen molar-refractivity contribution in [2.24, 2.45) is 0 Å². The number of carboxylic acids is 1. The first kappa shape index (κ1) is 11.5. The molecule has 1 aromatic carbocycles. The molecule has 0 radical (unpaired) electrons. The van der Waals surface area contributed by atoms with Crippen molar-refractivity contribution in [3.05, 3.63) is 46.3 Å². The molecule has 0 fully saturated rings. The summed E-state index contributed by atoms with van der Waals surface area (Å²) < 4.78 is 0.787. The number of hydrogen-bond acceptors (Lipinski definition) is 3. The molecule has 0 amide bonds. The van der Waals surface area contributed by atoms with Crippen LogP contribution in [-0.2, 0) is 0 Å². The first-order valence-electron chi connectivity index (χ1n) is 4.41. The van der Waals surface area contributed by atoms with Crippen molar-refractivity contribution in [1.82, 2.24) is 0 Å². The second-order valence-electron chi connectivity index (χ2n) is 2.98. The minimum absolute atomic E-state index is 0.352. The van der Waals surface area contributed by atoms with Crippen molar-refractivity contribution in [3.8, 4) is 0 Å². The van der Waals surface area contributed by atoms with Crippen molar-refractivity contribution in [2.45, 2.75) is 9.10 Å². The van der Waals surface area contributed by atoms with Gasteiger partial charge in [-0.3, -0.25) is 0 Å². The Hall–Kier alpha value is -0.970. The maximum Gasteiger partial charge on any atom is 0.337 e. The number of aromatic carboxylic acids is 1. The Morgan fingerprint density at radius 2 is 1.94 bits per heavy atom. The Morgan fingerprint density at radius 3 is 2.56 bits per heavy atom. The fraction of sp³-hybridized carbons (Fsp3) is 0. The number of carboxylic acid groups (broad SMARTS) is 1. The van der Waals surface area contributed by atoms with Gasteiger partial charge in [0.1, 0.15) is 0 Å². The summed E-state index contributed by atoms with van der Waals surface area (Å²) in [7, 11) is 0. The number of rotatable bonds is 3. The molecular weight excluding hydrogens is 264 g/mol. The zero-order chi connectivity index (χ0) is 11.5. The molecule has 0 unspecified atom stereocenters. The first-order valence-corrected chi connectivity index (χ1v) is 6.48. The fourth-order valence-corrected chi connectivity index (χ4v) is 3.28. The van der Waals surface area contributed by atoms with Gasteiger partial charge in [0.15, 0.2) is 0 Å². The summed E-state index contributed by atoms with van der Waals surface area (Å²) in [6.07, 6.45) is 0. The molecule has 0 aliphatic rings. The summed E-state index contributed by atoms with van der Waals surface area (Å²) in [6, 6.07) is 8.94. The van der Waals surface area contributed by atoms with Crippen LogP contribution in [0.3, 0.4) is 0 Å². The third-order valence-corrected chi connectivity index (χ3v) is 4.29. The molecule has 0 spiro atoms. The second kappa shape index (κ2) is 4.91. The maximum atomic E-state index is 10.9. The Kier molecular flexibility index (Phi) is 3.53. The molecule has 2 rings (SSSR count). The highest BCUT2D eigenvalue weighted by atomic mass is 35.5. The van der Waals surface area contributed by atoms with Crippen LogP contribution in [0.15, 0.2) is 44.8 Å². The van der Waals surface area contributed by atoms with Gasteiger partial charge in [-0.05, 0) is 35.7 Å². The van der Waals surface area contributed by atoms with E-state index in [4.69, 9.17) is 16.7 Å². The quantitative estimate of drug-likeness (QED) is 0.906. The third kappa shape index (κ3) is 2.58. The van der Waals surface area contributed by atoms with Crippen LogP contribution in [-0.4, -0.2) is 11.1 Å². The topological polar surface area (TPSA) is 37.3 Å². The van der Waals surface area contributed by atoms with Crippen LogP contribution in [0.1, 0.15) is 10.4 Å². The van der Waals surface area contributed by atoms with Gasteiger partial charge in [-0.15, -0.1) is 11.3 Å². The molecule has 2 nitrogen and oxygen atoms in total. The van der Waals surface area contributed by atoms with Crippen molar-refractivity contribution in [1.29, 1.82) is 0 Å². The minimum atomic E-state index is -0.891. The predicted octanol–water partition coefficient (Wildman–Crippen LogP) is 4.25. The van der Waals surface area contributed by atoms with Gasteiger partial charge in [0.05, 0.1) is 9.77 Å². The van der Waals surface area contributed by atoms with Crippen LogP contribution in [0.25, 0.3) is 0 Å². The van der Waals surface area contributed by atoms with E-state index in [1.165, 1.54) is 23.1 Å². The van der Waals surface area contributed by atoms with Crippen LogP contribution >= 0.6 is 34.7 Å². The lowest BCUT2D eigenvalue weighted by Gasteiger charge is -2.00. The van der Waals surface area contributed by atoms with E-state index in [1.54, 1.807) is 23.6 Å². The molecule has 0 atom stereocenters. The number of thiophene rings is 1. The zero-order valence-electron chi connectivity index (χ0n) is 8.01. The van der Waals surface area contributed by atoms with Crippen LogP contribution in [0.2, 0.25) is 5.02 Å². The van der Waals surface area contributed by atoms with Crippen LogP contribution < -0.4 is 0 Å². The molecule has 5 heteroatoms. The van der Waals surface area contributed by atoms with E-state index < -0.39 is 5.97 Å². The normalized spacial score (nSPS) is 10.3. The molecular formula is C11H7ClO2S2. The molecule has 0 saturated heterocycles. The van der Waals surface area contributed by atoms with E-state index in [0.717, 1.165) is 9.10 Å². The maximum absolute atomic E-state index is 10.9. The third-order valence-electron chi connectivity index (χ3n) is 1.88. The summed E-state index contributed by atoms with van der Waals surface area (Å²) >= 11 is 8.64. The van der Waals surface area contributed by atoms with Gasteiger partial charge >= 0.3 is 5.97 Å². The predicted molar refractivity (Wildman–Crippen MR) is 66.9 cm³/mol. The lowest BCUT2D eigenvalue weighted by Crippen LogP contribution is -1.94. The molecule has 0 aliphatic carbocycles. The number of carbonyl (C=O) groups is 1. The summed E-state index contributed by atoms with van der Waals surface area (Å²) in [5.74, 6) is -0.891. The van der Waals surface area contributed by atoms with Crippen LogP contribution in [0.4, 0.5) is 0 Å². The second-order valence-corrected chi connectivity index (χ2v) is 5.68. The van der Waals surface area contributed by atoms with Gasteiger partial charge in [-0.2, -0.15) is 0 Å². The van der Waals surface area contributed by atoms with Crippen LogP contribution in [0.5, 0.6) is 0 Å². The lowest BCUT2D eigenvalue weighted by atomic mass is 10.3. The molecule has 0 bridgehead atoms. The van der Waals surface area contributed by atoms with Gasteiger partial charge in [0, 0.05) is 9.92 Å². The molecule has 0 saturated carbocycles. The summed E-state index contributed by atoms with van der Waals surface area (Å²) in [4.78, 5) is 11.9. The molecule has 82 valence electrons. The van der Waals surface area contributed by atoms with E-state index in [-0.39, 0.29) is 0 Å². The van der Waals surface area contributed by atoms with Crippen molar-refractivity contribution >= 4 is 40.7 Å². The van der Waals surface area contributed by atoms with Crippen molar-refractivity contribution < 1.29 is 9.90 Å². The smallest absolute Gasteiger partial charge is 0.337 e. The molecule has 2 aromatic rings. The van der Waals surface area contributed by atoms with E-state index >= 15 is 0 Å². The average Bonchev–Trinajstić information content (AvgIpc) is 2.69. The molecule has 1 aromatic heterocycles.